The molecule has 0 bridgehead atoms. The lowest BCUT2D eigenvalue weighted by atomic mass is 10.0. The molecule has 21 heavy (non-hydrogen) atoms. The summed E-state index contributed by atoms with van der Waals surface area (Å²) >= 11 is 0. The molecule has 1 saturated heterocycles. The SMILES string of the molecule is CC(CCc1ccccc1)N(CC1CCCCN1)C1CC1. The van der Waals surface area contributed by atoms with Crippen LogP contribution in [0.2, 0.25) is 0 Å². The molecular formula is C19H30N2. The molecule has 3 rings (SSSR count). The highest BCUT2D eigenvalue weighted by atomic mass is 15.2. The molecule has 1 aliphatic heterocycles. The molecule has 1 heterocycles. The van der Waals surface area contributed by atoms with Gasteiger partial charge in [0.05, 0.1) is 0 Å². The molecule has 0 aromatic heterocycles. The van der Waals surface area contributed by atoms with Gasteiger partial charge in [-0.05, 0) is 57.6 Å². The first-order valence-electron chi connectivity index (χ1n) is 8.86. The zero-order valence-corrected chi connectivity index (χ0v) is 13.4. The van der Waals surface area contributed by atoms with Crippen LogP contribution in [0.4, 0.5) is 0 Å². The Kier molecular flexibility index (Phi) is 5.32. The summed E-state index contributed by atoms with van der Waals surface area (Å²) in [6.45, 7) is 4.92. The summed E-state index contributed by atoms with van der Waals surface area (Å²) in [4.78, 5) is 2.80. The molecule has 1 saturated carbocycles. The summed E-state index contributed by atoms with van der Waals surface area (Å²) in [7, 11) is 0. The molecule has 0 radical (unpaired) electrons. The van der Waals surface area contributed by atoms with Crippen LogP contribution in [0.25, 0.3) is 0 Å². The van der Waals surface area contributed by atoms with Crippen LogP contribution in [0.5, 0.6) is 0 Å². The second kappa shape index (κ2) is 7.42. The molecule has 2 aliphatic rings. The van der Waals surface area contributed by atoms with Crippen LogP contribution in [0, 0.1) is 0 Å². The van der Waals surface area contributed by atoms with E-state index in [1.807, 2.05) is 0 Å². The topological polar surface area (TPSA) is 15.3 Å². The van der Waals surface area contributed by atoms with Crippen molar-refractivity contribution in [2.45, 2.75) is 70.0 Å². The van der Waals surface area contributed by atoms with Crippen LogP contribution in [-0.4, -0.2) is 36.1 Å². The highest BCUT2D eigenvalue weighted by molar-refractivity contribution is 5.14. The van der Waals surface area contributed by atoms with Crippen LogP contribution in [0.1, 0.15) is 51.0 Å². The van der Waals surface area contributed by atoms with Crippen molar-refractivity contribution in [2.75, 3.05) is 13.1 Å². The summed E-state index contributed by atoms with van der Waals surface area (Å²) in [5.41, 5.74) is 1.48. The van der Waals surface area contributed by atoms with Crippen LogP contribution < -0.4 is 5.32 Å². The largest absolute Gasteiger partial charge is 0.313 e. The van der Waals surface area contributed by atoms with Gasteiger partial charge in [-0.15, -0.1) is 0 Å². The van der Waals surface area contributed by atoms with Gasteiger partial charge >= 0.3 is 0 Å². The summed E-state index contributed by atoms with van der Waals surface area (Å²) in [6, 6.07) is 13.3. The van der Waals surface area contributed by atoms with E-state index in [0.717, 1.165) is 12.1 Å². The lowest BCUT2D eigenvalue weighted by Crippen LogP contribution is -2.47. The number of piperidine rings is 1. The van der Waals surface area contributed by atoms with Gasteiger partial charge in [-0.3, -0.25) is 4.90 Å². The fourth-order valence-electron chi connectivity index (χ4n) is 3.62. The van der Waals surface area contributed by atoms with E-state index in [9.17, 15) is 0 Å². The van der Waals surface area contributed by atoms with Crippen LogP contribution in [0.3, 0.4) is 0 Å². The quantitative estimate of drug-likeness (QED) is 0.823. The molecule has 1 aliphatic carbocycles. The predicted octanol–water partition coefficient (Wildman–Crippen LogP) is 3.61. The van der Waals surface area contributed by atoms with Crippen molar-refractivity contribution in [1.82, 2.24) is 10.2 Å². The number of hydrogen-bond acceptors (Lipinski definition) is 2. The zero-order valence-electron chi connectivity index (χ0n) is 13.4. The second-order valence-corrected chi connectivity index (χ2v) is 6.95. The third-order valence-electron chi connectivity index (χ3n) is 5.12. The maximum absolute atomic E-state index is 3.72. The zero-order chi connectivity index (χ0) is 14.5. The van der Waals surface area contributed by atoms with Gasteiger partial charge in [0.25, 0.3) is 0 Å². The molecule has 2 heteroatoms. The minimum atomic E-state index is 0.710. The van der Waals surface area contributed by atoms with E-state index in [-0.39, 0.29) is 0 Å². The molecule has 116 valence electrons. The lowest BCUT2D eigenvalue weighted by molar-refractivity contribution is 0.159. The van der Waals surface area contributed by atoms with E-state index in [2.05, 4.69) is 47.5 Å². The van der Waals surface area contributed by atoms with Gasteiger partial charge in [-0.2, -0.15) is 0 Å². The number of nitrogens with zero attached hydrogens (tertiary/aromatic N) is 1. The Morgan fingerprint density at radius 3 is 2.62 bits per heavy atom. The van der Waals surface area contributed by atoms with Crippen molar-refractivity contribution >= 4 is 0 Å². The van der Waals surface area contributed by atoms with Gasteiger partial charge in [0.1, 0.15) is 0 Å². The molecule has 1 N–H and O–H groups in total. The Balaban J connectivity index is 1.50. The van der Waals surface area contributed by atoms with Crippen LogP contribution in [-0.2, 0) is 6.42 Å². The van der Waals surface area contributed by atoms with Crippen LogP contribution in [0.15, 0.2) is 30.3 Å². The van der Waals surface area contributed by atoms with E-state index in [1.54, 1.807) is 0 Å². The monoisotopic (exact) mass is 286 g/mol. The number of rotatable bonds is 7. The van der Waals surface area contributed by atoms with E-state index < -0.39 is 0 Å². The third-order valence-corrected chi connectivity index (χ3v) is 5.12. The smallest absolute Gasteiger partial charge is 0.0195 e. The van der Waals surface area contributed by atoms with Crippen molar-refractivity contribution in [3.05, 3.63) is 35.9 Å². The first-order chi connectivity index (χ1) is 10.3. The Bertz CT molecular complexity index is 407. The number of aryl methyl sites for hydroxylation is 1. The summed E-state index contributed by atoms with van der Waals surface area (Å²) < 4.78 is 0. The van der Waals surface area contributed by atoms with Gasteiger partial charge in [0.15, 0.2) is 0 Å². The average Bonchev–Trinajstić information content (AvgIpc) is 3.37. The highest BCUT2D eigenvalue weighted by Gasteiger charge is 2.33. The molecular weight excluding hydrogens is 256 g/mol. The molecule has 2 nitrogen and oxygen atoms in total. The Morgan fingerprint density at radius 1 is 1.14 bits per heavy atom. The molecule has 1 aromatic rings. The van der Waals surface area contributed by atoms with Gasteiger partial charge in [0, 0.05) is 24.7 Å². The predicted molar refractivity (Wildman–Crippen MR) is 89.6 cm³/mol. The molecule has 0 amide bonds. The van der Waals surface area contributed by atoms with Crippen molar-refractivity contribution in [3.63, 3.8) is 0 Å². The minimum Gasteiger partial charge on any atom is -0.313 e. The van der Waals surface area contributed by atoms with E-state index in [0.29, 0.717) is 6.04 Å². The molecule has 1 aromatic carbocycles. The third kappa shape index (κ3) is 4.55. The molecule has 2 unspecified atom stereocenters. The fourth-order valence-corrected chi connectivity index (χ4v) is 3.62. The maximum Gasteiger partial charge on any atom is 0.0195 e. The van der Waals surface area contributed by atoms with Gasteiger partial charge in [-0.1, -0.05) is 36.8 Å². The number of hydrogen-bond donors (Lipinski definition) is 1. The number of benzene rings is 1. The van der Waals surface area contributed by atoms with E-state index >= 15 is 0 Å². The standard InChI is InChI=1S/C19H30N2/c1-16(10-11-17-7-3-2-4-8-17)21(19-12-13-19)15-18-9-5-6-14-20-18/h2-4,7-8,16,18-20H,5-6,9-15H2,1H3. The van der Waals surface area contributed by atoms with E-state index in [1.165, 1.54) is 63.6 Å². The normalized spacial score (nSPS) is 24.2. The summed E-state index contributed by atoms with van der Waals surface area (Å²) in [5, 5.41) is 3.72. The fraction of sp³-hybridized carbons (Fsp3) is 0.684. The lowest BCUT2D eigenvalue weighted by Gasteiger charge is -2.34. The average molecular weight is 286 g/mol. The minimum absolute atomic E-state index is 0.710. The second-order valence-electron chi connectivity index (χ2n) is 6.95. The van der Waals surface area contributed by atoms with Crippen molar-refractivity contribution in [1.29, 1.82) is 0 Å². The first-order valence-corrected chi connectivity index (χ1v) is 8.86. The molecule has 2 atom stereocenters. The van der Waals surface area contributed by atoms with Crippen LogP contribution >= 0.6 is 0 Å². The van der Waals surface area contributed by atoms with Gasteiger partial charge in [-0.25, -0.2) is 0 Å². The van der Waals surface area contributed by atoms with Gasteiger partial charge in [0.2, 0.25) is 0 Å². The van der Waals surface area contributed by atoms with E-state index in [4.69, 9.17) is 0 Å². The van der Waals surface area contributed by atoms with Crippen molar-refractivity contribution < 1.29 is 0 Å². The molecule has 2 fully saturated rings. The Morgan fingerprint density at radius 2 is 1.95 bits per heavy atom. The highest BCUT2D eigenvalue weighted by Crippen LogP contribution is 2.30. The first kappa shape index (κ1) is 15.1. The van der Waals surface area contributed by atoms with Gasteiger partial charge < -0.3 is 5.32 Å². The summed E-state index contributed by atoms with van der Waals surface area (Å²) in [6.07, 6.45) is 9.48. The Hall–Kier alpha value is -0.860. The molecule has 0 spiro atoms. The van der Waals surface area contributed by atoms with Crippen molar-refractivity contribution in [2.24, 2.45) is 0 Å². The Labute approximate surface area is 129 Å². The van der Waals surface area contributed by atoms with Crippen molar-refractivity contribution in [3.8, 4) is 0 Å². The number of nitrogens with one attached hydrogen (secondary N) is 1. The maximum atomic E-state index is 3.72. The summed E-state index contributed by atoms with van der Waals surface area (Å²) in [5.74, 6) is 0.